The molecular weight excluding hydrogens is 447 g/mol. The Morgan fingerprint density at radius 1 is 0.562 bits per heavy atom. The molecule has 0 saturated heterocycles. The van der Waals surface area contributed by atoms with Crippen LogP contribution in [0.5, 0.6) is 11.5 Å². The third kappa shape index (κ3) is 5.10. The van der Waals surface area contributed by atoms with Gasteiger partial charge in [0.25, 0.3) is 0 Å². The summed E-state index contributed by atoms with van der Waals surface area (Å²) in [7, 11) is 0. The first-order chi connectivity index (χ1) is 15.5. The van der Waals surface area contributed by atoms with Gasteiger partial charge < -0.3 is 9.47 Å². The molecule has 0 aliphatic heterocycles. The number of carbonyl (C=O) groups excluding carboxylic acids is 2. The van der Waals surface area contributed by atoms with E-state index in [2.05, 4.69) is 0 Å². The Bertz CT molecular complexity index is 1160. The molecule has 4 nitrogen and oxygen atoms in total. The lowest BCUT2D eigenvalue weighted by atomic mass is 10.1. The van der Waals surface area contributed by atoms with E-state index in [9.17, 15) is 9.59 Å². The predicted octanol–water partition coefficient (Wildman–Crippen LogP) is 6.67. The van der Waals surface area contributed by atoms with Gasteiger partial charge in [-0.3, -0.25) is 9.59 Å². The molecule has 0 aliphatic rings. The smallest absolute Gasteiger partial charge is 0.200 e. The van der Waals surface area contributed by atoms with Crippen molar-refractivity contribution in [1.29, 1.82) is 0 Å². The molecule has 0 heterocycles. The summed E-state index contributed by atoms with van der Waals surface area (Å²) in [6.45, 7) is -0.220. The molecule has 0 unspecified atom stereocenters. The van der Waals surface area contributed by atoms with Gasteiger partial charge in [0.05, 0.1) is 0 Å². The monoisotopic (exact) mass is 464 g/mol. The zero-order chi connectivity index (χ0) is 22.5. The molecule has 4 aromatic carbocycles. The van der Waals surface area contributed by atoms with Crippen molar-refractivity contribution in [3.63, 3.8) is 0 Å². The molecule has 0 aliphatic carbocycles. The molecular formula is C26H18Cl2O4. The zero-order valence-electron chi connectivity index (χ0n) is 16.9. The van der Waals surface area contributed by atoms with Gasteiger partial charge in [-0.2, -0.15) is 0 Å². The van der Waals surface area contributed by atoms with Gasteiger partial charge in [0.2, 0.25) is 0 Å². The average molecular weight is 465 g/mol. The molecule has 0 bridgehead atoms. The number of halogens is 2. The first kappa shape index (κ1) is 21.9. The van der Waals surface area contributed by atoms with Gasteiger partial charge in [0, 0.05) is 31.9 Å². The third-order valence-corrected chi connectivity index (χ3v) is 5.40. The van der Waals surface area contributed by atoms with Crippen LogP contribution in [0.4, 0.5) is 0 Å². The van der Waals surface area contributed by atoms with E-state index in [0.29, 0.717) is 32.7 Å². The van der Waals surface area contributed by atoms with Crippen molar-refractivity contribution in [2.75, 3.05) is 13.2 Å². The lowest BCUT2D eigenvalue weighted by molar-refractivity contribution is 0.0915. The lowest BCUT2D eigenvalue weighted by Gasteiger charge is -2.12. The Balaban J connectivity index is 1.48. The molecule has 0 amide bonds. The second kappa shape index (κ2) is 9.86. The van der Waals surface area contributed by atoms with Crippen molar-refractivity contribution in [3.8, 4) is 11.5 Å². The SMILES string of the molecule is O=C(COc1cccc2c(OCC(=O)c3ccc(Cl)cc3)cccc12)c1ccc(Cl)cc1. The van der Waals surface area contributed by atoms with Crippen LogP contribution in [-0.2, 0) is 0 Å². The number of Topliss-reactive ketones (excluding diaryl/α,β-unsaturated/α-hetero) is 2. The summed E-state index contributed by atoms with van der Waals surface area (Å²) >= 11 is 11.7. The van der Waals surface area contributed by atoms with E-state index in [4.69, 9.17) is 32.7 Å². The maximum absolute atomic E-state index is 12.4. The van der Waals surface area contributed by atoms with Gasteiger partial charge in [-0.1, -0.05) is 47.5 Å². The number of hydrogen-bond acceptors (Lipinski definition) is 4. The highest BCUT2D eigenvalue weighted by atomic mass is 35.5. The van der Waals surface area contributed by atoms with E-state index in [-0.39, 0.29) is 24.8 Å². The van der Waals surface area contributed by atoms with Crippen LogP contribution >= 0.6 is 23.2 Å². The minimum absolute atomic E-state index is 0.110. The fourth-order valence-electron chi connectivity index (χ4n) is 3.23. The molecule has 6 heteroatoms. The van der Waals surface area contributed by atoms with Gasteiger partial charge in [-0.25, -0.2) is 0 Å². The molecule has 0 atom stereocenters. The van der Waals surface area contributed by atoms with Gasteiger partial charge in [-0.15, -0.1) is 0 Å². The number of rotatable bonds is 8. The molecule has 0 saturated carbocycles. The maximum atomic E-state index is 12.4. The Labute approximate surface area is 195 Å². The maximum Gasteiger partial charge on any atom is 0.200 e. The Hall–Kier alpha value is -3.34. The highest BCUT2D eigenvalue weighted by Crippen LogP contribution is 2.32. The first-order valence-electron chi connectivity index (χ1n) is 9.86. The van der Waals surface area contributed by atoms with E-state index in [1.807, 2.05) is 24.3 Å². The van der Waals surface area contributed by atoms with Gasteiger partial charge >= 0.3 is 0 Å². The van der Waals surface area contributed by atoms with Crippen molar-refractivity contribution < 1.29 is 19.1 Å². The molecule has 0 spiro atoms. The summed E-state index contributed by atoms with van der Waals surface area (Å²) < 4.78 is 11.6. The van der Waals surface area contributed by atoms with E-state index in [1.54, 1.807) is 60.7 Å². The summed E-state index contributed by atoms with van der Waals surface area (Å²) in [5, 5.41) is 2.71. The number of fused-ring (bicyclic) bond motifs is 1. The molecule has 4 rings (SSSR count). The van der Waals surface area contributed by atoms with Crippen LogP contribution in [-0.4, -0.2) is 24.8 Å². The average Bonchev–Trinajstić information content (AvgIpc) is 2.81. The van der Waals surface area contributed by atoms with Crippen LogP contribution in [0, 0.1) is 0 Å². The van der Waals surface area contributed by atoms with Crippen molar-refractivity contribution in [2.24, 2.45) is 0 Å². The standard InChI is InChI=1S/C26H18Cl2O4/c27-19-11-7-17(8-12-19)23(29)15-31-25-5-1-3-21-22(25)4-2-6-26(21)32-16-24(30)18-9-13-20(28)14-10-18/h1-14H,15-16H2. The number of carbonyl (C=O) groups is 2. The Morgan fingerprint density at radius 2 is 0.938 bits per heavy atom. The molecule has 0 fully saturated rings. The third-order valence-electron chi connectivity index (χ3n) is 4.89. The summed E-state index contributed by atoms with van der Waals surface area (Å²) in [4.78, 5) is 24.9. The number of hydrogen-bond donors (Lipinski definition) is 0. The van der Waals surface area contributed by atoms with E-state index in [0.717, 1.165) is 10.8 Å². The van der Waals surface area contributed by atoms with E-state index in [1.165, 1.54) is 0 Å². The normalized spacial score (nSPS) is 10.7. The highest BCUT2D eigenvalue weighted by molar-refractivity contribution is 6.31. The minimum Gasteiger partial charge on any atom is -0.485 e. The van der Waals surface area contributed by atoms with Gasteiger partial charge in [0.15, 0.2) is 24.8 Å². The summed E-state index contributed by atoms with van der Waals surface area (Å²) in [6, 6.07) is 24.3. The van der Waals surface area contributed by atoms with Crippen LogP contribution in [0.3, 0.4) is 0 Å². The van der Waals surface area contributed by atoms with Crippen molar-refractivity contribution in [3.05, 3.63) is 106 Å². The van der Waals surface area contributed by atoms with Crippen LogP contribution in [0.1, 0.15) is 20.7 Å². The van der Waals surface area contributed by atoms with E-state index < -0.39 is 0 Å². The second-order valence-corrected chi connectivity index (χ2v) is 7.92. The van der Waals surface area contributed by atoms with Crippen LogP contribution < -0.4 is 9.47 Å². The van der Waals surface area contributed by atoms with Gasteiger partial charge in [0.1, 0.15) is 11.5 Å². The quantitative estimate of drug-likeness (QED) is 0.273. The molecule has 0 aromatic heterocycles. The molecule has 0 radical (unpaired) electrons. The summed E-state index contributed by atoms with van der Waals surface area (Å²) in [5.41, 5.74) is 1.05. The zero-order valence-corrected chi connectivity index (χ0v) is 18.4. The first-order valence-corrected chi connectivity index (χ1v) is 10.6. The number of ketones is 2. The Kier molecular flexibility index (Phi) is 6.74. The second-order valence-electron chi connectivity index (χ2n) is 7.04. The topological polar surface area (TPSA) is 52.6 Å². The largest absolute Gasteiger partial charge is 0.485 e. The molecule has 160 valence electrons. The fraction of sp³-hybridized carbons (Fsp3) is 0.0769. The lowest BCUT2D eigenvalue weighted by Crippen LogP contribution is -2.12. The van der Waals surface area contributed by atoms with Crippen LogP contribution in [0.2, 0.25) is 10.0 Å². The molecule has 0 N–H and O–H groups in total. The van der Waals surface area contributed by atoms with Crippen LogP contribution in [0.15, 0.2) is 84.9 Å². The van der Waals surface area contributed by atoms with Crippen molar-refractivity contribution in [2.45, 2.75) is 0 Å². The number of benzene rings is 4. The van der Waals surface area contributed by atoms with Crippen molar-refractivity contribution >= 4 is 45.5 Å². The fourth-order valence-corrected chi connectivity index (χ4v) is 3.48. The summed E-state index contributed by atoms with van der Waals surface area (Å²) in [6.07, 6.45) is 0. The predicted molar refractivity (Wildman–Crippen MR) is 127 cm³/mol. The molecule has 32 heavy (non-hydrogen) atoms. The Morgan fingerprint density at radius 3 is 1.31 bits per heavy atom. The minimum atomic E-state index is -0.153. The van der Waals surface area contributed by atoms with Crippen LogP contribution in [0.25, 0.3) is 10.8 Å². The van der Waals surface area contributed by atoms with Gasteiger partial charge in [-0.05, 0) is 60.7 Å². The highest BCUT2D eigenvalue weighted by Gasteiger charge is 2.12. The number of ether oxygens (including phenoxy) is 2. The summed E-state index contributed by atoms with van der Waals surface area (Å²) in [5.74, 6) is 0.804. The van der Waals surface area contributed by atoms with Crippen molar-refractivity contribution in [1.82, 2.24) is 0 Å². The van der Waals surface area contributed by atoms with E-state index >= 15 is 0 Å². The molecule has 4 aromatic rings.